The van der Waals surface area contributed by atoms with E-state index in [4.69, 9.17) is 0 Å². The van der Waals surface area contributed by atoms with E-state index in [1.54, 1.807) is 24.3 Å². The molecule has 0 aromatic heterocycles. The summed E-state index contributed by atoms with van der Waals surface area (Å²) in [6, 6.07) is 7.01. The van der Waals surface area contributed by atoms with Gasteiger partial charge in [0.15, 0.2) is 5.78 Å². The summed E-state index contributed by atoms with van der Waals surface area (Å²) in [6.45, 7) is 1.23. The van der Waals surface area contributed by atoms with Gasteiger partial charge in [0.25, 0.3) is 5.91 Å². The minimum Gasteiger partial charge on any atom is -0.379 e. The fourth-order valence-electron chi connectivity index (χ4n) is 1.49. The Bertz CT molecular complexity index is 480. The third kappa shape index (κ3) is 2.94. The van der Waals surface area contributed by atoms with Crippen molar-refractivity contribution in [2.24, 2.45) is 0 Å². The summed E-state index contributed by atoms with van der Waals surface area (Å²) in [5, 5.41) is 5.57. The van der Waals surface area contributed by atoms with Crippen molar-refractivity contribution in [1.29, 1.82) is 0 Å². The van der Waals surface area contributed by atoms with E-state index < -0.39 is 0 Å². The zero-order chi connectivity index (χ0) is 12.3. The molecule has 1 heterocycles. The number of hydrogen-bond donors (Lipinski definition) is 2. The van der Waals surface area contributed by atoms with Gasteiger partial charge in [0.1, 0.15) is 5.70 Å². The molecule has 1 fully saturated rings. The number of amides is 1. The number of rotatable bonds is 2. The topological polar surface area (TPSA) is 58.2 Å². The highest BCUT2D eigenvalue weighted by Gasteiger charge is 2.15. The Morgan fingerprint density at radius 2 is 1.82 bits per heavy atom. The Balaban J connectivity index is 2.17. The highest BCUT2D eigenvalue weighted by Crippen LogP contribution is 2.11. The molecule has 4 nitrogen and oxygen atoms in total. The van der Waals surface area contributed by atoms with Crippen LogP contribution in [-0.4, -0.2) is 24.8 Å². The van der Waals surface area contributed by atoms with E-state index in [9.17, 15) is 9.59 Å². The molecule has 2 N–H and O–H groups in total. The second kappa shape index (κ2) is 5.14. The molecule has 0 aliphatic carbocycles. The van der Waals surface area contributed by atoms with Gasteiger partial charge in [0.05, 0.1) is 0 Å². The molecule has 0 atom stereocenters. The average molecular weight is 295 g/mol. The molecule has 0 spiro atoms. The Hall–Kier alpha value is -1.62. The number of hydrogen-bond acceptors (Lipinski definition) is 3. The molecule has 1 aromatic rings. The van der Waals surface area contributed by atoms with E-state index >= 15 is 0 Å². The van der Waals surface area contributed by atoms with Crippen LogP contribution in [0.5, 0.6) is 0 Å². The number of allylic oxidation sites excluding steroid dienone is 1. The molecule has 1 aliphatic heterocycles. The number of nitrogens with one attached hydrogen (secondary N) is 2. The summed E-state index contributed by atoms with van der Waals surface area (Å²) in [4.78, 5) is 23.3. The summed E-state index contributed by atoms with van der Waals surface area (Å²) in [5.41, 5.74) is 0.880. The van der Waals surface area contributed by atoms with Crippen molar-refractivity contribution in [3.63, 3.8) is 0 Å². The first-order valence-electron chi connectivity index (χ1n) is 5.20. The summed E-state index contributed by atoms with van der Waals surface area (Å²) in [6.07, 6.45) is 1.33. The molecule has 1 saturated heterocycles. The maximum atomic E-state index is 11.9. The van der Waals surface area contributed by atoms with E-state index in [-0.39, 0.29) is 11.7 Å². The smallest absolute Gasteiger partial charge is 0.267 e. The lowest BCUT2D eigenvalue weighted by Gasteiger charge is -2.16. The first-order chi connectivity index (χ1) is 8.16. The molecular weight excluding hydrogens is 284 g/mol. The number of halogens is 1. The van der Waals surface area contributed by atoms with Crippen LogP contribution in [0.4, 0.5) is 0 Å². The first kappa shape index (κ1) is 11.9. The lowest BCUT2D eigenvalue weighted by atomic mass is 10.1. The van der Waals surface area contributed by atoms with Crippen molar-refractivity contribution >= 4 is 27.6 Å². The van der Waals surface area contributed by atoms with Gasteiger partial charge in [-0.1, -0.05) is 15.9 Å². The Morgan fingerprint density at radius 3 is 2.47 bits per heavy atom. The van der Waals surface area contributed by atoms with Crippen LogP contribution in [0.25, 0.3) is 0 Å². The highest BCUT2D eigenvalue weighted by molar-refractivity contribution is 9.10. The van der Waals surface area contributed by atoms with Gasteiger partial charge >= 0.3 is 0 Å². The van der Waals surface area contributed by atoms with Crippen LogP contribution < -0.4 is 10.6 Å². The Kier molecular flexibility index (Phi) is 3.58. The highest BCUT2D eigenvalue weighted by atomic mass is 79.9. The van der Waals surface area contributed by atoms with Gasteiger partial charge in [-0.2, -0.15) is 0 Å². The summed E-state index contributed by atoms with van der Waals surface area (Å²) in [7, 11) is 0. The minimum absolute atomic E-state index is 0.183. The van der Waals surface area contributed by atoms with Gasteiger partial charge in [0, 0.05) is 29.2 Å². The lowest BCUT2D eigenvalue weighted by Crippen LogP contribution is -2.43. The molecule has 0 bridgehead atoms. The van der Waals surface area contributed by atoms with Gasteiger partial charge in [-0.15, -0.1) is 0 Å². The van der Waals surface area contributed by atoms with Gasteiger partial charge in [-0.3, -0.25) is 9.59 Å². The summed E-state index contributed by atoms with van der Waals surface area (Å²) < 4.78 is 0.912. The maximum Gasteiger partial charge on any atom is 0.267 e. The third-order valence-corrected chi connectivity index (χ3v) is 2.90. The molecule has 1 aromatic carbocycles. The predicted molar refractivity (Wildman–Crippen MR) is 67.6 cm³/mol. The molecule has 2 rings (SSSR count). The van der Waals surface area contributed by atoms with Crippen LogP contribution in [0.1, 0.15) is 10.4 Å². The number of piperazine rings is 1. The molecule has 0 saturated carbocycles. The Morgan fingerprint density at radius 1 is 1.18 bits per heavy atom. The van der Waals surface area contributed by atoms with E-state index in [1.165, 1.54) is 6.08 Å². The largest absolute Gasteiger partial charge is 0.379 e. The SMILES string of the molecule is O=C1NCCN/C1=C/C(=O)c1ccc(Br)cc1. The summed E-state index contributed by atoms with van der Waals surface area (Å²) in [5.74, 6) is -0.418. The molecule has 17 heavy (non-hydrogen) atoms. The summed E-state index contributed by atoms with van der Waals surface area (Å²) >= 11 is 3.30. The zero-order valence-electron chi connectivity index (χ0n) is 9.00. The standard InChI is InChI=1S/C12H11BrN2O2/c13-9-3-1-8(2-4-9)11(16)7-10-12(17)15-6-5-14-10/h1-4,7,14H,5-6H2,(H,15,17)/b10-7+. The molecule has 1 amide bonds. The van der Waals surface area contributed by atoms with E-state index in [0.29, 0.717) is 24.4 Å². The van der Waals surface area contributed by atoms with Gasteiger partial charge in [0.2, 0.25) is 0 Å². The predicted octanol–water partition coefficient (Wildman–Crippen LogP) is 1.24. The van der Waals surface area contributed by atoms with E-state index in [2.05, 4.69) is 26.6 Å². The number of ketones is 1. The third-order valence-electron chi connectivity index (χ3n) is 2.37. The number of carbonyl (C=O) groups excluding carboxylic acids is 2. The van der Waals surface area contributed by atoms with Crippen LogP contribution in [0.2, 0.25) is 0 Å². The van der Waals surface area contributed by atoms with Crippen molar-refractivity contribution in [3.05, 3.63) is 46.1 Å². The van der Waals surface area contributed by atoms with Gasteiger partial charge < -0.3 is 10.6 Å². The number of benzene rings is 1. The average Bonchev–Trinajstić information content (AvgIpc) is 2.33. The zero-order valence-corrected chi connectivity index (χ0v) is 10.6. The van der Waals surface area contributed by atoms with Crippen LogP contribution >= 0.6 is 15.9 Å². The number of carbonyl (C=O) groups is 2. The fourth-order valence-corrected chi connectivity index (χ4v) is 1.76. The van der Waals surface area contributed by atoms with Crippen molar-refractivity contribution < 1.29 is 9.59 Å². The quantitative estimate of drug-likeness (QED) is 0.637. The van der Waals surface area contributed by atoms with Crippen LogP contribution in [0, 0.1) is 0 Å². The van der Waals surface area contributed by atoms with Crippen molar-refractivity contribution in [1.82, 2.24) is 10.6 Å². The van der Waals surface area contributed by atoms with Crippen LogP contribution in [0.15, 0.2) is 40.5 Å². The van der Waals surface area contributed by atoms with Crippen molar-refractivity contribution in [2.75, 3.05) is 13.1 Å². The second-order valence-corrected chi connectivity index (χ2v) is 4.53. The minimum atomic E-state index is -0.235. The first-order valence-corrected chi connectivity index (χ1v) is 6.00. The Labute approximate surface area is 107 Å². The van der Waals surface area contributed by atoms with Gasteiger partial charge in [-0.05, 0) is 24.3 Å². The second-order valence-electron chi connectivity index (χ2n) is 3.61. The normalized spacial score (nSPS) is 17.5. The monoisotopic (exact) mass is 294 g/mol. The van der Waals surface area contributed by atoms with Crippen LogP contribution in [-0.2, 0) is 4.79 Å². The van der Waals surface area contributed by atoms with E-state index in [1.807, 2.05) is 0 Å². The molecular formula is C12H11BrN2O2. The van der Waals surface area contributed by atoms with Crippen molar-refractivity contribution in [2.45, 2.75) is 0 Å². The molecule has 88 valence electrons. The van der Waals surface area contributed by atoms with E-state index in [0.717, 1.165) is 4.47 Å². The fraction of sp³-hybridized carbons (Fsp3) is 0.167. The van der Waals surface area contributed by atoms with Crippen LogP contribution in [0.3, 0.4) is 0 Å². The molecule has 0 unspecified atom stereocenters. The lowest BCUT2D eigenvalue weighted by molar-refractivity contribution is -0.118. The van der Waals surface area contributed by atoms with Crippen molar-refractivity contribution in [3.8, 4) is 0 Å². The van der Waals surface area contributed by atoms with Gasteiger partial charge in [-0.25, -0.2) is 0 Å². The maximum absolute atomic E-state index is 11.9. The molecule has 0 radical (unpaired) electrons. The molecule has 1 aliphatic rings. The molecule has 5 heteroatoms.